The normalized spacial score (nSPS) is 13.3. The van der Waals surface area contributed by atoms with Gasteiger partial charge in [0.05, 0.1) is 5.52 Å². The van der Waals surface area contributed by atoms with Crippen LogP contribution >= 0.6 is 0 Å². The highest BCUT2D eigenvalue weighted by molar-refractivity contribution is 5.83. The Morgan fingerprint density at radius 1 is 1.40 bits per heavy atom. The summed E-state index contributed by atoms with van der Waals surface area (Å²) in [5, 5.41) is 0.574. The Morgan fingerprint density at radius 3 is 2.80 bits per heavy atom. The maximum absolute atomic E-state index is 13.3. The summed E-state index contributed by atoms with van der Waals surface area (Å²) in [4.78, 5) is 2.79. The molecule has 1 heterocycles. The molecule has 15 heavy (non-hydrogen) atoms. The van der Waals surface area contributed by atoms with E-state index in [0.717, 1.165) is 11.6 Å². The highest BCUT2D eigenvalue weighted by Crippen LogP contribution is 2.23. The van der Waals surface area contributed by atoms with Gasteiger partial charge in [0, 0.05) is 23.7 Å². The molecular weight excluding hydrogens is 198 g/mol. The van der Waals surface area contributed by atoms with Gasteiger partial charge >= 0.3 is 0 Å². The second-order valence-electron chi connectivity index (χ2n) is 3.81. The Bertz CT molecular complexity index is 489. The molecule has 0 amide bonds. The molecule has 0 spiro atoms. The quantitative estimate of drug-likeness (QED) is 0.784. The van der Waals surface area contributed by atoms with Crippen LogP contribution in [0.1, 0.15) is 12.5 Å². The summed E-state index contributed by atoms with van der Waals surface area (Å²) in [6, 6.07) is 2.16. The largest absolute Gasteiger partial charge is 0.359 e. The van der Waals surface area contributed by atoms with Gasteiger partial charge in [-0.3, -0.25) is 0 Å². The number of rotatable bonds is 2. The van der Waals surface area contributed by atoms with E-state index in [0.29, 0.717) is 17.3 Å². The maximum atomic E-state index is 13.3. The van der Waals surface area contributed by atoms with Gasteiger partial charge in [-0.25, -0.2) is 8.78 Å². The molecule has 2 aromatic rings. The molecule has 0 aliphatic heterocycles. The first-order chi connectivity index (χ1) is 7.08. The highest BCUT2D eigenvalue weighted by atomic mass is 19.1. The molecule has 0 saturated heterocycles. The third-order valence-electron chi connectivity index (χ3n) is 2.33. The predicted molar refractivity (Wildman–Crippen MR) is 55.6 cm³/mol. The molecule has 1 aromatic heterocycles. The number of nitrogens with one attached hydrogen (secondary N) is 1. The molecule has 80 valence electrons. The van der Waals surface area contributed by atoms with Gasteiger partial charge in [-0.15, -0.1) is 0 Å². The molecule has 0 bridgehead atoms. The van der Waals surface area contributed by atoms with Gasteiger partial charge < -0.3 is 10.7 Å². The zero-order chi connectivity index (χ0) is 11.0. The Labute approximate surface area is 86.1 Å². The Balaban J connectivity index is 2.58. The van der Waals surface area contributed by atoms with E-state index in [1.807, 2.05) is 6.92 Å². The Morgan fingerprint density at radius 2 is 2.13 bits per heavy atom. The number of fused-ring (bicyclic) bond motifs is 1. The zero-order valence-electron chi connectivity index (χ0n) is 8.35. The summed E-state index contributed by atoms with van der Waals surface area (Å²) < 4.78 is 26.3. The molecule has 1 atom stereocenters. The first kappa shape index (κ1) is 10.1. The van der Waals surface area contributed by atoms with Crippen molar-refractivity contribution >= 4 is 10.9 Å². The number of aromatic nitrogens is 1. The van der Waals surface area contributed by atoms with E-state index >= 15 is 0 Å². The van der Waals surface area contributed by atoms with E-state index in [9.17, 15) is 8.78 Å². The molecule has 0 unspecified atom stereocenters. The van der Waals surface area contributed by atoms with E-state index in [1.54, 1.807) is 6.20 Å². The lowest BCUT2D eigenvalue weighted by Gasteiger charge is -2.03. The molecule has 0 radical (unpaired) electrons. The third kappa shape index (κ3) is 1.85. The van der Waals surface area contributed by atoms with E-state index in [1.165, 1.54) is 6.07 Å². The van der Waals surface area contributed by atoms with Crippen molar-refractivity contribution in [3.05, 3.63) is 35.5 Å². The summed E-state index contributed by atoms with van der Waals surface area (Å²) in [6.45, 7) is 1.86. The van der Waals surface area contributed by atoms with Gasteiger partial charge in [0.15, 0.2) is 0 Å². The van der Waals surface area contributed by atoms with Crippen LogP contribution in [0.5, 0.6) is 0 Å². The zero-order valence-corrected chi connectivity index (χ0v) is 8.35. The van der Waals surface area contributed by atoms with Gasteiger partial charge in [0.2, 0.25) is 0 Å². The van der Waals surface area contributed by atoms with E-state index in [-0.39, 0.29) is 6.04 Å². The molecule has 2 nitrogen and oxygen atoms in total. The van der Waals surface area contributed by atoms with Gasteiger partial charge in [-0.2, -0.15) is 0 Å². The van der Waals surface area contributed by atoms with Crippen LogP contribution in [0.2, 0.25) is 0 Å². The van der Waals surface area contributed by atoms with Crippen molar-refractivity contribution in [3.8, 4) is 0 Å². The first-order valence-corrected chi connectivity index (χ1v) is 4.78. The summed E-state index contributed by atoms with van der Waals surface area (Å²) in [7, 11) is 0. The van der Waals surface area contributed by atoms with Crippen LogP contribution in [0.3, 0.4) is 0 Å². The van der Waals surface area contributed by atoms with Crippen molar-refractivity contribution in [1.29, 1.82) is 0 Å². The average Bonchev–Trinajstić information content (AvgIpc) is 2.48. The third-order valence-corrected chi connectivity index (χ3v) is 2.33. The minimum atomic E-state index is -0.569. The molecule has 3 N–H and O–H groups in total. The summed E-state index contributed by atoms with van der Waals surface area (Å²) in [5.74, 6) is -1.13. The number of hydrogen-bond acceptors (Lipinski definition) is 1. The fraction of sp³-hybridized carbons (Fsp3) is 0.273. The van der Waals surface area contributed by atoms with Crippen LogP contribution in [0.15, 0.2) is 18.3 Å². The lowest BCUT2D eigenvalue weighted by Crippen LogP contribution is -2.17. The minimum Gasteiger partial charge on any atom is -0.359 e. The van der Waals surface area contributed by atoms with Gasteiger partial charge in [0.1, 0.15) is 11.6 Å². The van der Waals surface area contributed by atoms with Crippen LogP contribution in [0.4, 0.5) is 8.78 Å². The minimum absolute atomic E-state index is 0.0321. The van der Waals surface area contributed by atoms with Crippen LogP contribution in [0, 0.1) is 11.6 Å². The van der Waals surface area contributed by atoms with Crippen LogP contribution in [-0.4, -0.2) is 11.0 Å². The van der Waals surface area contributed by atoms with Crippen molar-refractivity contribution in [1.82, 2.24) is 4.98 Å². The van der Waals surface area contributed by atoms with Gasteiger partial charge in [-0.1, -0.05) is 0 Å². The second kappa shape index (κ2) is 3.62. The number of benzene rings is 1. The topological polar surface area (TPSA) is 41.8 Å². The van der Waals surface area contributed by atoms with Crippen molar-refractivity contribution in [2.75, 3.05) is 0 Å². The maximum Gasteiger partial charge on any atom is 0.150 e. The molecule has 0 aliphatic carbocycles. The Hall–Kier alpha value is -1.42. The average molecular weight is 210 g/mol. The van der Waals surface area contributed by atoms with Crippen LogP contribution < -0.4 is 5.73 Å². The van der Waals surface area contributed by atoms with E-state index < -0.39 is 11.6 Å². The molecule has 0 aliphatic rings. The number of halogens is 2. The number of H-pyrrole nitrogens is 1. The monoisotopic (exact) mass is 210 g/mol. The lowest BCUT2D eigenvalue weighted by atomic mass is 10.1. The van der Waals surface area contributed by atoms with Crippen LogP contribution in [-0.2, 0) is 6.42 Å². The van der Waals surface area contributed by atoms with Crippen molar-refractivity contribution in [3.63, 3.8) is 0 Å². The number of hydrogen-bond donors (Lipinski definition) is 2. The lowest BCUT2D eigenvalue weighted by molar-refractivity contribution is 0.591. The SMILES string of the molecule is C[C@H](N)Cc1c[nH]c2c(F)cc(F)cc12. The summed E-state index contributed by atoms with van der Waals surface area (Å²) >= 11 is 0. The smallest absolute Gasteiger partial charge is 0.150 e. The van der Waals surface area contributed by atoms with Gasteiger partial charge in [0.25, 0.3) is 0 Å². The molecular formula is C11H12F2N2. The molecule has 2 rings (SSSR count). The van der Waals surface area contributed by atoms with E-state index in [4.69, 9.17) is 5.73 Å². The fourth-order valence-electron chi connectivity index (χ4n) is 1.73. The number of aromatic amines is 1. The Kier molecular flexibility index (Phi) is 2.44. The van der Waals surface area contributed by atoms with Gasteiger partial charge in [-0.05, 0) is 25.0 Å². The number of nitrogens with two attached hydrogens (primary N) is 1. The van der Waals surface area contributed by atoms with Crippen LogP contribution in [0.25, 0.3) is 10.9 Å². The van der Waals surface area contributed by atoms with Crippen molar-refractivity contribution < 1.29 is 8.78 Å². The fourth-order valence-corrected chi connectivity index (χ4v) is 1.73. The summed E-state index contributed by atoms with van der Waals surface area (Å²) in [5.41, 5.74) is 6.83. The van der Waals surface area contributed by atoms with Crippen molar-refractivity contribution in [2.45, 2.75) is 19.4 Å². The molecule has 1 aromatic carbocycles. The molecule has 0 fully saturated rings. The highest BCUT2D eigenvalue weighted by Gasteiger charge is 2.10. The standard InChI is InChI=1S/C11H12F2N2/c1-6(14)2-7-5-15-11-9(7)3-8(12)4-10(11)13/h3-6,15H,2,14H2,1H3/t6-/m0/s1. The summed E-state index contributed by atoms with van der Waals surface area (Å²) in [6.07, 6.45) is 2.28. The van der Waals surface area contributed by atoms with E-state index in [2.05, 4.69) is 4.98 Å². The predicted octanol–water partition coefficient (Wildman–Crippen LogP) is 2.34. The second-order valence-corrected chi connectivity index (χ2v) is 3.81. The first-order valence-electron chi connectivity index (χ1n) is 4.78. The molecule has 4 heteroatoms. The van der Waals surface area contributed by atoms with Crippen molar-refractivity contribution in [2.24, 2.45) is 5.73 Å². The molecule has 0 saturated carbocycles.